The summed E-state index contributed by atoms with van der Waals surface area (Å²) in [5, 5.41) is 2.69. The fourth-order valence-electron chi connectivity index (χ4n) is 4.28. The van der Waals surface area contributed by atoms with Gasteiger partial charge in [0.15, 0.2) is 0 Å². The molecule has 0 radical (unpaired) electrons. The molecule has 1 aromatic rings. The average Bonchev–Trinajstić information content (AvgIpc) is 2.83. The lowest BCUT2D eigenvalue weighted by atomic mass is 9.77. The van der Waals surface area contributed by atoms with Gasteiger partial charge >= 0.3 is 0 Å². The van der Waals surface area contributed by atoms with E-state index >= 15 is 0 Å². The second-order valence-electron chi connectivity index (χ2n) is 6.77. The van der Waals surface area contributed by atoms with Gasteiger partial charge in [0.1, 0.15) is 0 Å². The smallest absolute Gasteiger partial charge is 0.296 e. The normalized spacial score (nSPS) is 23.0. The Balaban J connectivity index is 1.94. The van der Waals surface area contributed by atoms with Crippen molar-refractivity contribution in [1.29, 1.82) is 0 Å². The van der Waals surface area contributed by atoms with Crippen LogP contribution in [0.2, 0.25) is 0 Å². The summed E-state index contributed by atoms with van der Waals surface area (Å²) in [7, 11) is 0. The Morgan fingerprint density at radius 2 is 1.87 bits per heavy atom. The minimum absolute atomic E-state index is 0.360. The molecule has 124 valence electrons. The molecule has 3 rings (SSSR count). The lowest BCUT2D eigenvalue weighted by Crippen LogP contribution is -2.42. The van der Waals surface area contributed by atoms with Gasteiger partial charge in [-0.25, -0.2) is 0 Å². The quantitative estimate of drug-likeness (QED) is 0.848. The number of nitrogens with zero attached hydrogens (tertiary/aromatic N) is 1. The lowest BCUT2D eigenvalue weighted by molar-refractivity contribution is -0.112. The van der Waals surface area contributed by atoms with Crippen molar-refractivity contribution >= 4 is 17.4 Å². The van der Waals surface area contributed by atoms with E-state index in [1.165, 1.54) is 5.56 Å². The second-order valence-corrected chi connectivity index (χ2v) is 6.77. The zero-order valence-corrected chi connectivity index (χ0v) is 14.3. The minimum Gasteiger partial charge on any atom is -0.318 e. The van der Waals surface area contributed by atoms with E-state index < -0.39 is 5.91 Å². The van der Waals surface area contributed by atoms with Crippen LogP contribution < -0.4 is 5.32 Å². The van der Waals surface area contributed by atoms with E-state index in [0.717, 1.165) is 44.3 Å². The van der Waals surface area contributed by atoms with Crippen LogP contribution in [0.25, 0.3) is 0 Å². The largest absolute Gasteiger partial charge is 0.318 e. The van der Waals surface area contributed by atoms with Crippen LogP contribution in [0.5, 0.6) is 0 Å². The molecule has 23 heavy (non-hydrogen) atoms. The molecule has 1 aromatic carbocycles. The first-order valence-corrected chi connectivity index (χ1v) is 8.83. The van der Waals surface area contributed by atoms with E-state index in [2.05, 4.69) is 37.1 Å². The number of benzene rings is 1. The van der Waals surface area contributed by atoms with Gasteiger partial charge in [-0.1, -0.05) is 26.8 Å². The Labute approximate surface area is 138 Å². The number of rotatable bonds is 5. The van der Waals surface area contributed by atoms with Crippen molar-refractivity contribution in [3.05, 3.63) is 28.8 Å². The number of hydrogen-bond donors (Lipinski definition) is 1. The van der Waals surface area contributed by atoms with Crippen LogP contribution in [0.15, 0.2) is 12.1 Å². The van der Waals surface area contributed by atoms with Crippen LogP contribution in [0.1, 0.15) is 67.4 Å². The zero-order valence-electron chi connectivity index (χ0n) is 14.3. The van der Waals surface area contributed by atoms with Crippen molar-refractivity contribution in [2.75, 3.05) is 18.4 Å². The predicted octanol–water partition coefficient (Wildman–Crippen LogP) is 3.36. The van der Waals surface area contributed by atoms with Crippen molar-refractivity contribution in [2.45, 2.75) is 58.4 Å². The third kappa shape index (κ3) is 2.69. The molecule has 4 nitrogen and oxygen atoms in total. The fraction of sp³-hybridized carbons (Fsp3) is 0.579. The number of carbonyl (C=O) groups is 2. The van der Waals surface area contributed by atoms with E-state index in [1.807, 2.05) is 6.07 Å². The molecule has 2 aliphatic rings. The summed E-state index contributed by atoms with van der Waals surface area (Å²) in [6.07, 6.45) is 4.28. The van der Waals surface area contributed by atoms with E-state index in [-0.39, 0.29) is 5.78 Å². The summed E-state index contributed by atoms with van der Waals surface area (Å²) in [5.41, 5.74) is 3.68. The molecular formula is C19H26N2O2. The number of anilines is 1. The van der Waals surface area contributed by atoms with Gasteiger partial charge in [0.2, 0.25) is 0 Å². The lowest BCUT2D eigenvalue weighted by Gasteiger charge is -2.40. The first-order valence-electron chi connectivity index (χ1n) is 8.83. The van der Waals surface area contributed by atoms with Gasteiger partial charge in [0, 0.05) is 6.04 Å². The highest BCUT2D eigenvalue weighted by Crippen LogP contribution is 2.40. The molecule has 1 heterocycles. The molecule has 4 heteroatoms. The predicted molar refractivity (Wildman–Crippen MR) is 92.1 cm³/mol. The molecule has 1 N–H and O–H groups in total. The molecular weight excluding hydrogens is 288 g/mol. The van der Waals surface area contributed by atoms with Crippen LogP contribution in [0, 0.1) is 0 Å². The van der Waals surface area contributed by atoms with Crippen molar-refractivity contribution in [3.63, 3.8) is 0 Å². The number of Topliss-reactive ketones (excluding diaryl/α,β-unsaturated/α-hetero) is 1. The molecule has 0 fully saturated rings. The van der Waals surface area contributed by atoms with Gasteiger partial charge in [-0.2, -0.15) is 0 Å². The maximum atomic E-state index is 12.2. The number of hydrogen-bond acceptors (Lipinski definition) is 3. The van der Waals surface area contributed by atoms with E-state index in [1.54, 1.807) is 0 Å². The van der Waals surface area contributed by atoms with E-state index in [4.69, 9.17) is 0 Å². The van der Waals surface area contributed by atoms with Crippen molar-refractivity contribution in [2.24, 2.45) is 0 Å². The summed E-state index contributed by atoms with van der Waals surface area (Å²) in [5.74, 6) is -0.450. The molecule has 0 saturated carbocycles. The van der Waals surface area contributed by atoms with Gasteiger partial charge in [0.05, 0.1) is 11.3 Å². The monoisotopic (exact) mass is 314 g/mol. The average molecular weight is 314 g/mol. The maximum Gasteiger partial charge on any atom is 0.296 e. The molecule has 1 aliphatic heterocycles. The summed E-state index contributed by atoms with van der Waals surface area (Å²) < 4.78 is 0. The summed E-state index contributed by atoms with van der Waals surface area (Å²) >= 11 is 0. The number of ketones is 1. The minimum atomic E-state index is -0.484. The third-order valence-corrected chi connectivity index (χ3v) is 5.28. The summed E-state index contributed by atoms with van der Waals surface area (Å²) in [6.45, 7) is 8.98. The van der Waals surface area contributed by atoms with Crippen LogP contribution in [-0.2, 0) is 11.2 Å². The van der Waals surface area contributed by atoms with Crippen LogP contribution >= 0.6 is 0 Å². The first kappa shape index (κ1) is 16.2. The maximum absolute atomic E-state index is 12.2. The highest BCUT2D eigenvalue weighted by molar-refractivity contribution is 6.52. The Morgan fingerprint density at radius 1 is 1.17 bits per heavy atom. The molecule has 2 unspecified atom stereocenters. The number of carbonyl (C=O) groups excluding carboxylic acids is 2. The molecule has 1 aliphatic carbocycles. The summed E-state index contributed by atoms with van der Waals surface area (Å²) in [6, 6.07) is 4.54. The highest BCUT2D eigenvalue weighted by Gasteiger charge is 2.37. The van der Waals surface area contributed by atoms with Crippen molar-refractivity contribution < 1.29 is 9.59 Å². The summed E-state index contributed by atoms with van der Waals surface area (Å²) in [4.78, 5) is 26.4. The van der Waals surface area contributed by atoms with Gasteiger partial charge < -0.3 is 5.32 Å². The SMILES string of the molecule is CCCN(CCC)C1CCc2c(ccc3c2C(=O)C(=O)N3)C1C. The molecule has 0 aromatic heterocycles. The first-order chi connectivity index (χ1) is 11.1. The Kier molecular flexibility index (Phi) is 4.53. The van der Waals surface area contributed by atoms with Gasteiger partial charge in [0.25, 0.3) is 11.7 Å². The van der Waals surface area contributed by atoms with Crippen LogP contribution in [0.4, 0.5) is 5.69 Å². The molecule has 0 bridgehead atoms. The molecule has 2 atom stereocenters. The molecule has 1 amide bonds. The Morgan fingerprint density at radius 3 is 2.52 bits per heavy atom. The molecule has 0 saturated heterocycles. The van der Waals surface area contributed by atoms with Crippen LogP contribution in [-0.4, -0.2) is 35.7 Å². The molecule has 0 spiro atoms. The van der Waals surface area contributed by atoms with Gasteiger partial charge in [-0.05, 0) is 61.9 Å². The van der Waals surface area contributed by atoms with Gasteiger partial charge in [-0.3, -0.25) is 14.5 Å². The van der Waals surface area contributed by atoms with Crippen LogP contribution in [0.3, 0.4) is 0 Å². The topological polar surface area (TPSA) is 49.4 Å². The van der Waals surface area contributed by atoms with E-state index in [0.29, 0.717) is 23.2 Å². The fourth-order valence-corrected chi connectivity index (χ4v) is 4.28. The number of fused-ring (bicyclic) bond motifs is 3. The zero-order chi connectivity index (χ0) is 16.6. The van der Waals surface area contributed by atoms with Gasteiger partial charge in [-0.15, -0.1) is 0 Å². The Bertz CT molecular complexity index is 633. The third-order valence-electron chi connectivity index (χ3n) is 5.28. The van der Waals surface area contributed by atoms with Crippen molar-refractivity contribution in [3.8, 4) is 0 Å². The number of amides is 1. The standard InChI is InChI=1S/C19H26N2O2/c1-4-10-21(11-5-2)16-9-7-14-13(12(16)3)6-8-15-17(14)18(22)19(23)20-15/h6,8,12,16H,4-5,7,9-11H2,1-3H3,(H,20,22,23). The van der Waals surface area contributed by atoms with Crippen molar-refractivity contribution in [1.82, 2.24) is 4.90 Å². The number of nitrogens with one attached hydrogen (secondary N) is 1. The second kappa shape index (κ2) is 6.44. The van der Waals surface area contributed by atoms with E-state index in [9.17, 15) is 9.59 Å². The highest BCUT2D eigenvalue weighted by atomic mass is 16.2. The Hall–Kier alpha value is -1.68.